The molecule has 0 spiro atoms. The van der Waals surface area contributed by atoms with Gasteiger partial charge < -0.3 is 9.67 Å². The Morgan fingerprint density at radius 2 is 2.27 bits per heavy atom. The lowest BCUT2D eigenvalue weighted by Gasteiger charge is -2.33. The Morgan fingerprint density at radius 3 is 3.07 bits per heavy atom. The average molecular weight is 208 g/mol. The largest absolute Gasteiger partial charge is 0.391 e. The summed E-state index contributed by atoms with van der Waals surface area (Å²) in [6.45, 7) is 2.79. The average Bonchev–Trinajstić information content (AvgIpc) is 2.84. The summed E-state index contributed by atoms with van der Waals surface area (Å²) in [6, 6.07) is 0.343. The van der Waals surface area contributed by atoms with E-state index < -0.39 is 0 Å². The van der Waals surface area contributed by atoms with Crippen molar-refractivity contribution in [3.8, 4) is 0 Å². The lowest BCUT2D eigenvalue weighted by atomic mass is 10.1. The van der Waals surface area contributed by atoms with E-state index in [2.05, 4.69) is 19.7 Å². The van der Waals surface area contributed by atoms with E-state index in [1.54, 1.807) is 6.33 Å². The highest BCUT2D eigenvalue weighted by atomic mass is 16.3. The van der Waals surface area contributed by atoms with Crippen LogP contribution in [0.15, 0.2) is 6.33 Å². The van der Waals surface area contributed by atoms with E-state index in [1.165, 1.54) is 0 Å². The van der Waals surface area contributed by atoms with Crippen LogP contribution in [0.1, 0.15) is 25.1 Å². The predicted molar refractivity (Wildman–Crippen MR) is 54.1 cm³/mol. The zero-order chi connectivity index (χ0) is 10.3. The van der Waals surface area contributed by atoms with E-state index in [0.29, 0.717) is 6.04 Å². The summed E-state index contributed by atoms with van der Waals surface area (Å²) in [5.41, 5.74) is 0. The molecule has 2 aliphatic rings. The van der Waals surface area contributed by atoms with Crippen molar-refractivity contribution < 1.29 is 5.11 Å². The van der Waals surface area contributed by atoms with Crippen LogP contribution in [-0.4, -0.2) is 43.5 Å². The first-order valence-corrected chi connectivity index (χ1v) is 5.63. The first-order valence-electron chi connectivity index (χ1n) is 5.63. The Kier molecular flexibility index (Phi) is 2.21. The third kappa shape index (κ3) is 1.55. The molecule has 0 radical (unpaired) electrons. The Morgan fingerprint density at radius 1 is 1.33 bits per heavy atom. The number of hydrogen-bond acceptors (Lipinski definition) is 4. The lowest BCUT2D eigenvalue weighted by Crippen LogP contribution is -2.44. The summed E-state index contributed by atoms with van der Waals surface area (Å²) in [5.74, 6) is 1.03. The minimum absolute atomic E-state index is 0.139. The third-order valence-corrected chi connectivity index (χ3v) is 3.58. The normalized spacial score (nSPS) is 31.8. The second-order valence-electron chi connectivity index (χ2n) is 4.48. The quantitative estimate of drug-likeness (QED) is 0.706. The van der Waals surface area contributed by atoms with Crippen LogP contribution in [0.4, 0.5) is 0 Å². The molecule has 5 nitrogen and oxygen atoms in total. The van der Waals surface area contributed by atoms with Crippen molar-refractivity contribution in [3.05, 3.63) is 12.2 Å². The number of aromatic nitrogens is 3. The molecule has 0 amide bonds. The summed E-state index contributed by atoms with van der Waals surface area (Å²) in [4.78, 5) is 2.35. The number of aliphatic hydroxyl groups excluding tert-OH is 1. The number of fused-ring (bicyclic) bond motifs is 1. The van der Waals surface area contributed by atoms with E-state index in [9.17, 15) is 5.11 Å². The van der Waals surface area contributed by atoms with Crippen LogP contribution in [0, 0.1) is 0 Å². The highest BCUT2D eigenvalue weighted by Gasteiger charge is 2.32. The molecule has 5 heteroatoms. The van der Waals surface area contributed by atoms with E-state index in [0.717, 1.165) is 44.7 Å². The van der Waals surface area contributed by atoms with Gasteiger partial charge in [-0.25, -0.2) is 0 Å². The molecule has 1 fully saturated rings. The summed E-state index contributed by atoms with van der Waals surface area (Å²) >= 11 is 0. The van der Waals surface area contributed by atoms with Crippen LogP contribution in [0.25, 0.3) is 0 Å². The molecule has 2 heterocycles. The molecule has 82 valence electrons. The number of rotatable bonds is 1. The number of aliphatic hydroxyl groups is 1. The van der Waals surface area contributed by atoms with Gasteiger partial charge in [0.05, 0.1) is 12.6 Å². The van der Waals surface area contributed by atoms with Crippen molar-refractivity contribution in [1.29, 1.82) is 0 Å². The van der Waals surface area contributed by atoms with Crippen LogP contribution in [0.3, 0.4) is 0 Å². The summed E-state index contributed by atoms with van der Waals surface area (Å²) in [7, 11) is 0. The predicted octanol–water partition coefficient (Wildman–Crippen LogP) is 0.00710. The molecule has 1 N–H and O–H groups in total. The molecule has 0 bridgehead atoms. The molecule has 0 aromatic carbocycles. The standard InChI is InChI=1S/C10H16N4O/c15-9-3-1-2-8(9)13-4-5-14-7-11-12-10(14)6-13/h7-9,15H,1-6H2/t8-,9-/m1/s1. The van der Waals surface area contributed by atoms with Crippen LogP contribution in [0.2, 0.25) is 0 Å². The molecular weight excluding hydrogens is 192 g/mol. The third-order valence-electron chi connectivity index (χ3n) is 3.58. The van der Waals surface area contributed by atoms with Crippen LogP contribution < -0.4 is 0 Å². The fraction of sp³-hybridized carbons (Fsp3) is 0.800. The van der Waals surface area contributed by atoms with Gasteiger partial charge in [-0.15, -0.1) is 10.2 Å². The Labute approximate surface area is 88.7 Å². The van der Waals surface area contributed by atoms with Crippen molar-refractivity contribution in [2.45, 2.75) is 44.5 Å². The Bertz CT molecular complexity index is 351. The second-order valence-corrected chi connectivity index (χ2v) is 4.48. The van der Waals surface area contributed by atoms with Gasteiger partial charge in [0.1, 0.15) is 12.2 Å². The van der Waals surface area contributed by atoms with Gasteiger partial charge in [-0.2, -0.15) is 0 Å². The minimum atomic E-state index is -0.139. The van der Waals surface area contributed by atoms with Gasteiger partial charge in [-0.3, -0.25) is 4.90 Å². The fourth-order valence-corrected chi connectivity index (χ4v) is 2.71. The smallest absolute Gasteiger partial charge is 0.147 e. The molecule has 0 unspecified atom stereocenters. The van der Waals surface area contributed by atoms with E-state index in [-0.39, 0.29) is 6.10 Å². The van der Waals surface area contributed by atoms with Gasteiger partial charge in [0, 0.05) is 19.1 Å². The topological polar surface area (TPSA) is 54.2 Å². The Balaban J connectivity index is 1.75. The minimum Gasteiger partial charge on any atom is -0.391 e. The van der Waals surface area contributed by atoms with Crippen molar-refractivity contribution in [2.75, 3.05) is 6.54 Å². The Hall–Kier alpha value is -0.940. The number of nitrogens with zero attached hydrogens (tertiary/aromatic N) is 4. The highest BCUT2D eigenvalue weighted by Crippen LogP contribution is 2.26. The monoisotopic (exact) mass is 208 g/mol. The van der Waals surface area contributed by atoms with Gasteiger partial charge in [0.25, 0.3) is 0 Å². The molecule has 1 aromatic rings. The summed E-state index contributed by atoms with van der Waals surface area (Å²) in [6.07, 6.45) is 4.87. The first kappa shape index (κ1) is 9.30. The lowest BCUT2D eigenvalue weighted by molar-refractivity contribution is 0.0532. The summed E-state index contributed by atoms with van der Waals surface area (Å²) in [5, 5.41) is 17.9. The van der Waals surface area contributed by atoms with Crippen molar-refractivity contribution in [1.82, 2.24) is 19.7 Å². The van der Waals surface area contributed by atoms with Crippen LogP contribution in [0.5, 0.6) is 0 Å². The van der Waals surface area contributed by atoms with Gasteiger partial charge in [-0.05, 0) is 19.3 Å². The SMILES string of the molecule is O[C@@H]1CCC[C@H]1N1CCn2cnnc2C1. The number of hydrogen-bond donors (Lipinski definition) is 1. The van der Waals surface area contributed by atoms with E-state index >= 15 is 0 Å². The maximum Gasteiger partial charge on any atom is 0.147 e. The van der Waals surface area contributed by atoms with Crippen molar-refractivity contribution in [2.24, 2.45) is 0 Å². The van der Waals surface area contributed by atoms with E-state index in [1.807, 2.05) is 0 Å². The van der Waals surface area contributed by atoms with E-state index in [4.69, 9.17) is 0 Å². The van der Waals surface area contributed by atoms with Gasteiger partial charge in [0.2, 0.25) is 0 Å². The molecule has 2 atom stereocenters. The molecule has 15 heavy (non-hydrogen) atoms. The maximum absolute atomic E-state index is 9.86. The second kappa shape index (κ2) is 3.57. The highest BCUT2D eigenvalue weighted by molar-refractivity contribution is 4.94. The van der Waals surface area contributed by atoms with Gasteiger partial charge in [-0.1, -0.05) is 0 Å². The zero-order valence-corrected chi connectivity index (χ0v) is 8.71. The molecule has 0 saturated heterocycles. The van der Waals surface area contributed by atoms with Gasteiger partial charge in [0.15, 0.2) is 0 Å². The molecule has 1 aliphatic heterocycles. The summed E-state index contributed by atoms with van der Waals surface area (Å²) < 4.78 is 2.10. The van der Waals surface area contributed by atoms with Gasteiger partial charge >= 0.3 is 0 Å². The van der Waals surface area contributed by atoms with Crippen LogP contribution >= 0.6 is 0 Å². The van der Waals surface area contributed by atoms with Crippen molar-refractivity contribution >= 4 is 0 Å². The van der Waals surface area contributed by atoms with Crippen LogP contribution in [-0.2, 0) is 13.1 Å². The molecule has 1 saturated carbocycles. The fourth-order valence-electron chi connectivity index (χ4n) is 2.71. The molecule has 1 aromatic heterocycles. The molecule has 3 rings (SSSR count). The molecule has 1 aliphatic carbocycles. The first-order chi connectivity index (χ1) is 7.34. The molecular formula is C10H16N4O. The maximum atomic E-state index is 9.86. The zero-order valence-electron chi connectivity index (χ0n) is 8.71. The van der Waals surface area contributed by atoms with Crippen molar-refractivity contribution in [3.63, 3.8) is 0 Å².